The van der Waals surface area contributed by atoms with Gasteiger partial charge in [-0.1, -0.05) is 6.07 Å². The molecule has 0 saturated heterocycles. The fourth-order valence-corrected chi connectivity index (χ4v) is 4.45. The molecule has 5 rings (SSSR count). The van der Waals surface area contributed by atoms with E-state index in [2.05, 4.69) is 5.32 Å². The molecule has 0 saturated carbocycles. The molecule has 3 aromatic rings. The Kier molecular flexibility index (Phi) is 5.68. The van der Waals surface area contributed by atoms with Gasteiger partial charge < -0.3 is 24.4 Å². The van der Waals surface area contributed by atoms with E-state index in [9.17, 15) is 9.59 Å². The molecule has 0 unspecified atom stereocenters. The summed E-state index contributed by atoms with van der Waals surface area (Å²) in [6.07, 6.45) is 1.11. The number of rotatable bonds is 6. The highest BCUT2D eigenvalue weighted by molar-refractivity contribution is 7.09. The molecule has 2 aromatic carbocycles. The summed E-state index contributed by atoms with van der Waals surface area (Å²) in [6, 6.07) is 15.0. The molecule has 0 radical (unpaired) electrons. The Morgan fingerprint density at radius 2 is 1.94 bits per heavy atom. The lowest BCUT2D eigenvalue weighted by molar-refractivity contribution is -0.120. The fourth-order valence-electron chi connectivity index (χ4n) is 3.75. The Hall–Kier alpha value is -3.52. The number of carbonyl (C=O) groups excluding carboxylic acids is 2. The molecule has 0 atom stereocenters. The number of nitrogens with one attached hydrogen (secondary N) is 1. The number of ether oxygens (including phenoxy) is 3. The second-order valence-electron chi connectivity index (χ2n) is 7.54. The van der Waals surface area contributed by atoms with Crippen LogP contribution in [0, 0.1) is 0 Å². The molecule has 8 heteroatoms. The number of aryl methyl sites for hydroxylation is 1. The van der Waals surface area contributed by atoms with Crippen molar-refractivity contribution in [2.24, 2.45) is 0 Å². The van der Waals surface area contributed by atoms with E-state index in [4.69, 9.17) is 14.2 Å². The van der Waals surface area contributed by atoms with Crippen molar-refractivity contribution in [1.82, 2.24) is 0 Å². The normalized spacial score (nSPS) is 14.3. The van der Waals surface area contributed by atoms with Gasteiger partial charge in [-0.05, 0) is 53.8 Å². The summed E-state index contributed by atoms with van der Waals surface area (Å²) in [5.74, 6) is 1.77. The van der Waals surface area contributed by atoms with E-state index in [0.29, 0.717) is 49.8 Å². The highest BCUT2D eigenvalue weighted by Gasteiger charge is 2.21. The number of hydrogen-bond donors (Lipinski definition) is 1. The summed E-state index contributed by atoms with van der Waals surface area (Å²) >= 11 is 1.60. The third-order valence-electron chi connectivity index (χ3n) is 5.37. The molecule has 0 aliphatic carbocycles. The molecule has 2 aliphatic rings. The largest absolute Gasteiger partial charge is 0.486 e. The van der Waals surface area contributed by atoms with E-state index < -0.39 is 0 Å². The van der Waals surface area contributed by atoms with E-state index in [1.54, 1.807) is 22.3 Å². The van der Waals surface area contributed by atoms with Gasteiger partial charge in [-0.2, -0.15) is 0 Å². The smallest absolute Gasteiger partial charge is 0.265 e. The quantitative estimate of drug-likeness (QED) is 0.614. The lowest BCUT2D eigenvalue weighted by Gasteiger charge is -2.25. The van der Waals surface area contributed by atoms with Gasteiger partial charge >= 0.3 is 0 Å². The van der Waals surface area contributed by atoms with Crippen LogP contribution < -0.4 is 24.4 Å². The fraction of sp³-hybridized carbons (Fsp3) is 0.250. The van der Waals surface area contributed by atoms with Crippen LogP contribution in [0.2, 0.25) is 0 Å². The maximum Gasteiger partial charge on any atom is 0.265 e. The lowest BCUT2D eigenvalue weighted by Crippen LogP contribution is -2.34. The number of benzene rings is 2. The predicted molar refractivity (Wildman–Crippen MR) is 122 cm³/mol. The number of anilines is 2. The van der Waals surface area contributed by atoms with Gasteiger partial charge in [0, 0.05) is 28.7 Å². The first-order chi connectivity index (χ1) is 15.7. The molecule has 1 aromatic heterocycles. The monoisotopic (exact) mass is 450 g/mol. The minimum Gasteiger partial charge on any atom is -0.486 e. The average molecular weight is 451 g/mol. The first-order valence-electron chi connectivity index (χ1n) is 10.4. The zero-order valence-electron chi connectivity index (χ0n) is 17.3. The zero-order valence-corrected chi connectivity index (χ0v) is 18.2. The number of amides is 2. The van der Waals surface area contributed by atoms with Crippen LogP contribution >= 0.6 is 11.3 Å². The number of carbonyl (C=O) groups is 2. The van der Waals surface area contributed by atoms with Gasteiger partial charge in [0.05, 0.1) is 6.54 Å². The average Bonchev–Trinajstić information content (AvgIpc) is 3.34. The molecular formula is C24H22N2O5S. The maximum absolute atomic E-state index is 13.2. The lowest BCUT2D eigenvalue weighted by atomic mass is 10.0. The molecule has 3 heterocycles. The molecule has 0 fully saturated rings. The summed E-state index contributed by atoms with van der Waals surface area (Å²) < 4.78 is 17.1. The van der Waals surface area contributed by atoms with Crippen molar-refractivity contribution in [3.8, 4) is 17.2 Å². The topological polar surface area (TPSA) is 77.1 Å². The molecular weight excluding hydrogens is 428 g/mol. The van der Waals surface area contributed by atoms with E-state index in [1.165, 1.54) is 0 Å². The highest BCUT2D eigenvalue weighted by atomic mass is 32.1. The molecule has 7 nitrogen and oxygen atoms in total. The van der Waals surface area contributed by atoms with Crippen LogP contribution in [0.3, 0.4) is 0 Å². The Morgan fingerprint density at radius 3 is 2.78 bits per heavy atom. The molecule has 1 N–H and O–H groups in total. The predicted octanol–water partition coefficient (Wildman–Crippen LogP) is 4.02. The summed E-state index contributed by atoms with van der Waals surface area (Å²) in [4.78, 5) is 27.5. The minimum atomic E-state index is -0.166. The van der Waals surface area contributed by atoms with Crippen molar-refractivity contribution in [3.63, 3.8) is 0 Å². The van der Waals surface area contributed by atoms with Gasteiger partial charge in [0.1, 0.15) is 19.0 Å². The summed E-state index contributed by atoms with van der Waals surface area (Å²) in [7, 11) is 0. The first-order valence-corrected chi connectivity index (χ1v) is 11.3. The van der Waals surface area contributed by atoms with E-state index in [-0.39, 0.29) is 18.4 Å². The van der Waals surface area contributed by atoms with Crippen LogP contribution in [0.15, 0.2) is 53.9 Å². The van der Waals surface area contributed by atoms with Gasteiger partial charge in [0.2, 0.25) is 5.91 Å². The Labute approximate surface area is 189 Å². The number of nitrogens with zero attached hydrogens (tertiary/aromatic N) is 1. The van der Waals surface area contributed by atoms with Gasteiger partial charge in [0.15, 0.2) is 18.1 Å². The zero-order chi connectivity index (χ0) is 21.9. The second-order valence-corrected chi connectivity index (χ2v) is 8.58. The molecule has 164 valence electrons. The van der Waals surface area contributed by atoms with Gasteiger partial charge in [-0.3, -0.25) is 9.59 Å². The molecule has 32 heavy (non-hydrogen) atoms. The summed E-state index contributed by atoms with van der Waals surface area (Å²) in [5, 5.41) is 4.84. The number of fused-ring (bicyclic) bond motifs is 2. The van der Waals surface area contributed by atoms with Crippen LogP contribution in [-0.2, 0) is 22.6 Å². The Balaban J connectivity index is 1.33. The second kappa shape index (κ2) is 8.92. The van der Waals surface area contributed by atoms with E-state index >= 15 is 0 Å². The molecule has 0 spiro atoms. The third-order valence-corrected chi connectivity index (χ3v) is 6.23. The number of hydrogen-bond acceptors (Lipinski definition) is 6. The van der Waals surface area contributed by atoms with Crippen molar-refractivity contribution < 1.29 is 23.8 Å². The molecule has 0 bridgehead atoms. The minimum absolute atomic E-state index is 0.0185. The van der Waals surface area contributed by atoms with E-state index in [0.717, 1.165) is 21.8 Å². The first kappa shape index (κ1) is 20.4. The van der Waals surface area contributed by atoms with Gasteiger partial charge in [0.25, 0.3) is 5.91 Å². The molecule has 2 aliphatic heterocycles. The standard InChI is InChI=1S/C24H22N2O5S/c27-23-8-3-16-12-18(5-6-20(16)25-23)31-15-24(28)26(14-19-2-1-11-32-19)17-4-7-21-22(13-17)30-10-9-29-21/h1-2,4-7,11-13H,3,8-10,14-15H2,(H,25,27). The van der Waals surface area contributed by atoms with Crippen LogP contribution in [0.1, 0.15) is 16.9 Å². The highest BCUT2D eigenvalue weighted by Crippen LogP contribution is 2.35. The third kappa shape index (κ3) is 4.40. The van der Waals surface area contributed by atoms with Crippen LogP contribution in [-0.4, -0.2) is 31.6 Å². The van der Waals surface area contributed by atoms with Crippen molar-refractivity contribution in [2.75, 3.05) is 30.0 Å². The number of thiophene rings is 1. The SMILES string of the molecule is O=C1CCc2cc(OCC(=O)N(Cc3cccs3)c3ccc4c(c3)OCCO4)ccc2N1. The van der Waals surface area contributed by atoms with Crippen molar-refractivity contribution >= 4 is 34.5 Å². The van der Waals surface area contributed by atoms with Gasteiger partial charge in [-0.15, -0.1) is 11.3 Å². The Bertz CT molecular complexity index is 1150. The van der Waals surface area contributed by atoms with Crippen molar-refractivity contribution in [3.05, 3.63) is 64.4 Å². The maximum atomic E-state index is 13.2. The van der Waals surface area contributed by atoms with Crippen molar-refractivity contribution in [1.29, 1.82) is 0 Å². The summed E-state index contributed by atoms with van der Waals surface area (Å²) in [5.41, 5.74) is 2.54. The van der Waals surface area contributed by atoms with E-state index in [1.807, 2.05) is 47.8 Å². The van der Waals surface area contributed by atoms with Crippen LogP contribution in [0.4, 0.5) is 11.4 Å². The van der Waals surface area contributed by atoms with Gasteiger partial charge in [-0.25, -0.2) is 0 Å². The molecule has 2 amide bonds. The summed E-state index contributed by atoms with van der Waals surface area (Å²) in [6.45, 7) is 1.33. The van der Waals surface area contributed by atoms with Crippen LogP contribution in [0.5, 0.6) is 17.2 Å². The van der Waals surface area contributed by atoms with Crippen molar-refractivity contribution in [2.45, 2.75) is 19.4 Å². The van der Waals surface area contributed by atoms with Crippen LogP contribution in [0.25, 0.3) is 0 Å². The Morgan fingerprint density at radius 1 is 1.06 bits per heavy atom.